The summed E-state index contributed by atoms with van der Waals surface area (Å²) in [4.78, 5) is 14.3. The van der Waals surface area contributed by atoms with Gasteiger partial charge in [0.05, 0.1) is 11.8 Å². The molecule has 1 amide bonds. The van der Waals surface area contributed by atoms with Crippen LogP contribution in [0.5, 0.6) is 0 Å². The number of hydrogen-bond donors (Lipinski definition) is 0. The summed E-state index contributed by atoms with van der Waals surface area (Å²) in [6.07, 6.45) is 5.74. The van der Waals surface area contributed by atoms with Gasteiger partial charge in [-0.2, -0.15) is 0 Å². The van der Waals surface area contributed by atoms with Gasteiger partial charge in [-0.3, -0.25) is 4.79 Å². The predicted octanol–water partition coefficient (Wildman–Crippen LogP) is 3.08. The van der Waals surface area contributed by atoms with Gasteiger partial charge in [0, 0.05) is 24.9 Å². The molecule has 1 fully saturated rings. The van der Waals surface area contributed by atoms with Gasteiger partial charge in [-0.05, 0) is 25.3 Å². The fourth-order valence-electron chi connectivity index (χ4n) is 2.20. The highest BCUT2D eigenvalue weighted by Crippen LogP contribution is 2.27. The van der Waals surface area contributed by atoms with Gasteiger partial charge < -0.3 is 9.32 Å². The molecule has 0 spiro atoms. The molecule has 4 heteroatoms. The zero-order valence-electron chi connectivity index (χ0n) is 10.1. The van der Waals surface area contributed by atoms with Crippen LogP contribution in [-0.2, 0) is 6.42 Å². The minimum Gasteiger partial charge on any atom is -0.469 e. The molecular formula is C13H18ClNO2. The molecule has 1 aliphatic rings. The number of carbonyl (C=O) groups excluding carboxylic acids is 1. The summed E-state index contributed by atoms with van der Waals surface area (Å²) in [6.45, 7) is 2.62. The van der Waals surface area contributed by atoms with E-state index in [1.165, 1.54) is 6.42 Å². The second-order valence-corrected chi connectivity index (χ2v) is 4.76. The van der Waals surface area contributed by atoms with Gasteiger partial charge in [0.15, 0.2) is 0 Å². The van der Waals surface area contributed by atoms with Crippen molar-refractivity contribution in [3.05, 3.63) is 23.7 Å². The average molecular weight is 256 g/mol. The van der Waals surface area contributed by atoms with Crippen LogP contribution in [0.25, 0.3) is 0 Å². The molecule has 1 aromatic heterocycles. The van der Waals surface area contributed by atoms with Crippen molar-refractivity contribution in [3.63, 3.8) is 0 Å². The van der Waals surface area contributed by atoms with Crippen molar-refractivity contribution in [2.45, 2.75) is 38.6 Å². The van der Waals surface area contributed by atoms with Crippen molar-refractivity contribution >= 4 is 17.5 Å². The van der Waals surface area contributed by atoms with Crippen molar-refractivity contribution in [2.24, 2.45) is 0 Å². The minimum atomic E-state index is 0.0703. The van der Waals surface area contributed by atoms with Crippen molar-refractivity contribution in [1.29, 1.82) is 0 Å². The molecule has 2 rings (SSSR count). The molecule has 0 aliphatic heterocycles. The Balaban J connectivity index is 2.15. The van der Waals surface area contributed by atoms with E-state index in [4.69, 9.17) is 16.0 Å². The Labute approximate surface area is 107 Å². The van der Waals surface area contributed by atoms with E-state index in [0.717, 1.165) is 25.0 Å². The maximum absolute atomic E-state index is 12.4. The first-order valence-electron chi connectivity index (χ1n) is 6.21. The monoisotopic (exact) mass is 255 g/mol. The molecule has 1 aliphatic carbocycles. The lowest BCUT2D eigenvalue weighted by Gasteiger charge is -2.37. The highest BCUT2D eigenvalue weighted by Gasteiger charge is 2.30. The Kier molecular flexibility index (Phi) is 4.11. The number of hydrogen-bond acceptors (Lipinski definition) is 2. The molecule has 0 bridgehead atoms. The largest absolute Gasteiger partial charge is 0.469 e. The summed E-state index contributed by atoms with van der Waals surface area (Å²) in [6, 6.07) is 2.14. The number of halogens is 1. The average Bonchev–Trinajstić information content (AvgIpc) is 2.73. The topological polar surface area (TPSA) is 33.5 Å². The van der Waals surface area contributed by atoms with Crippen LogP contribution < -0.4 is 0 Å². The van der Waals surface area contributed by atoms with E-state index in [9.17, 15) is 4.79 Å². The lowest BCUT2D eigenvalue weighted by Crippen LogP contribution is -2.45. The van der Waals surface area contributed by atoms with Gasteiger partial charge in [0.1, 0.15) is 5.76 Å². The van der Waals surface area contributed by atoms with Crippen molar-refractivity contribution in [3.8, 4) is 0 Å². The van der Waals surface area contributed by atoms with Crippen LogP contribution in [0, 0.1) is 0 Å². The number of rotatable bonds is 5. The highest BCUT2D eigenvalue weighted by atomic mass is 35.5. The summed E-state index contributed by atoms with van der Waals surface area (Å²) in [5.41, 5.74) is 0.699. The Morgan fingerprint density at radius 3 is 2.88 bits per heavy atom. The molecule has 3 nitrogen and oxygen atoms in total. The fraction of sp³-hybridized carbons (Fsp3) is 0.615. The first-order chi connectivity index (χ1) is 8.27. The van der Waals surface area contributed by atoms with Gasteiger partial charge in [-0.1, -0.05) is 6.92 Å². The molecular weight excluding hydrogens is 238 g/mol. The molecule has 0 unspecified atom stereocenters. The van der Waals surface area contributed by atoms with Gasteiger partial charge in [-0.15, -0.1) is 11.6 Å². The number of alkyl halides is 1. The van der Waals surface area contributed by atoms with Gasteiger partial charge >= 0.3 is 0 Å². The van der Waals surface area contributed by atoms with E-state index in [1.807, 2.05) is 11.8 Å². The molecule has 17 heavy (non-hydrogen) atoms. The van der Waals surface area contributed by atoms with E-state index < -0.39 is 0 Å². The summed E-state index contributed by atoms with van der Waals surface area (Å²) < 4.78 is 5.31. The molecule has 94 valence electrons. The van der Waals surface area contributed by atoms with Crippen LogP contribution >= 0.6 is 11.6 Å². The van der Waals surface area contributed by atoms with Crippen LogP contribution in [-0.4, -0.2) is 29.3 Å². The SMILES string of the molecule is CCc1occc1C(=O)N(CCCl)C1CCC1. The number of nitrogens with zero attached hydrogens (tertiary/aromatic N) is 1. The van der Waals surface area contributed by atoms with Crippen molar-refractivity contribution < 1.29 is 9.21 Å². The van der Waals surface area contributed by atoms with E-state index in [1.54, 1.807) is 12.3 Å². The standard InChI is InChI=1S/C13H18ClNO2/c1-2-12-11(6-9-17-12)13(16)15(8-7-14)10-4-3-5-10/h6,9-10H,2-5,7-8H2,1H3. The maximum Gasteiger partial charge on any atom is 0.257 e. The van der Waals surface area contributed by atoms with Gasteiger partial charge in [0.2, 0.25) is 0 Å². The molecule has 1 heterocycles. The molecule has 0 saturated heterocycles. The number of furan rings is 1. The first kappa shape index (κ1) is 12.5. The van der Waals surface area contributed by atoms with E-state index in [-0.39, 0.29) is 5.91 Å². The molecule has 1 aromatic rings. The third-order valence-corrected chi connectivity index (χ3v) is 3.57. The van der Waals surface area contributed by atoms with Crippen LogP contribution in [0.2, 0.25) is 0 Å². The smallest absolute Gasteiger partial charge is 0.257 e. The highest BCUT2D eigenvalue weighted by molar-refractivity contribution is 6.18. The summed E-state index contributed by atoms with van der Waals surface area (Å²) in [5.74, 6) is 1.33. The second kappa shape index (κ2) is 5.58. The minimum absolute atomic E-state index is 0.0703. The number of amides is 1. The number of carbonyl (C=O) groups is 1. The fourth-order valence-corrected chi connectivity index (χ4v) is 2.38. The van der Waals surface area contributed by atoms with Gasteiger partial charge in [-0.25, -0.2) is 0 Å². The Morgan fingerprint density at radius 2 is 2.35 bits per heavy atom. The summed E-state index contributed by atoms with van der Waals surface area (Å²) >= 11 is 5.78. The van der Waals surface area contributed by atoms with Crippen molar-refractivity contribution in [2.75, 3.05) is 12.4 Å². The lowest BCUT2D eigenvalue weighted by atomic mass is 9.91. The normalized spacial score (nSPS) is 15.6. The Hall–Kier alpha value is -0.960. The summed E-state index contributed by atoms with van der Waals surface area (Å²) in [7, 11) is 0. The van der Waals surface area contributed by atoms with Crippen LogP contribution in [0.1, 0.15) is 42.3 Å². The van der Waals surface area contributed by atoms with Crippen LogP contribution in [0.4, 0.5) is 0 Å². The zero-order valence-corrected chi connectivity index (χ0v) is 10.9. The first-order valence-corrected chi connectivity index (χ1v) is 6.74. The molecule has 0 aromatic carbocycles. The zero-order chi connectivity index (χ0) is 12.3. The maximum atomic E-state index is 12.4. The second-order valence-electron chi connectivity index (χ2n) is 4.38. The Bertz CT molecular complexity index is 385. The quantitative estimate of drug-likeness (QED) is 0.758. The Morgan fingerprint density at radius 1 is 1.59 bits per heavy atom. The van der Waals surface area contributed by atoms with Gasteiger partial charge in [0.25, 0.3) is 5.91 Å². The predicted molar refractivity (Wildman–Crippen MR) is 67.5 cm³/mol. The number of aryl methyl sites for hydroxylation is 1. The molecule has 1 saturated carbocycles. The molecule has 0 radical (unpaired) electrons. The van der Waals surface area contributed by atoms with E-state index in [2.05, 4.69) is 0 Å². The summed E-state index contributed by atoms with van der Waals surface area (Å²) in [5, 5.41) is 0. The van der Waals surface area contributed by atoms with E-state index >= 15 is 0 Å². The van der Waals surface area contributed by atoms with Crippen LogP contribution in [0.15, 0.2) is 16.7 Å². The third-order valence-electron chi connectivity index (χ3n) is 3.40. The molecule has 0 N–H and O–H groups in total. The van der Waals surface area contributed by atoms with Crippen molar-refractivity contribution in [1.82, 2.24) is 4.90 Å². The lowest BCUT2D eigenvalue weighted by molar-refractivity contribution is 0.0595. The molecule has 0 atom stereocenters. The third kappa shape index (κ3) is 2.49. The van der Waals surface area contributed by atoms with E-state index in [0.29, 0.717) is 24.0 Å². The van der Waals surface area contributed by atoms with Crippen LogP contribution in [0.3, 0.4) is 0 Å².